The molecule has 6 nitrogen and oxygen atoms in total. The van der Waals surface area contributed by atoms with Gasteiger partial charge in [-0.2, -0.15) is 5.10 Å². The van der Waals surface area contributed by atoms with Gasteiger partial charge in [0.1, 0.15) is 5.82 Å². The number of rotatable bonds is 7. The van der Waals surface area contributed by atoms with Crippen LogP contribution < -0.4 is 5.73 Å². The maximum Gasteiger partial charge on any atom is 0.224 e. The Balaban J connectivity index is 1.77. The van der Waals surface area contributed by atoms with Crippen molar-refractivity contribution in [1.29, 1.82) is 0 Å². The normalized spacial score (nSPS) is 12.1. The fourth-order valence-electron chi connectivity index (χ4n) is 2.85. The standard InChI is InChI=1S/C19H20ClN5O/c1-12(19(21)26)15-5-3-2-4-14(15)6-7-17-16(20)11-22-18(25-17)8-13-9-23-24-10-13/h2-5,9-12H,6-8H2,1H3,(H2,21,26)(H,23,24). The van der Waals surface area contributed by atoms with E-state index in [1.54, 1.807) is 12.4 Å². The lowest BCUT2D eigenvalue weighted by Gasteiger charge is -2.14. The molecule has 3 aromatic rings. The van der Waals surface area contributed by atoms with E-state index in [9.17, 15) is 4.79 Å². The molecule has 0 aliphatic heterocycles. The van der Waals surface area contributed by atoms with Gasteiger partial charge in [-0.05, 0) is 36.5 Å². The van der Waals surface area contributed by atoms with Crippen LogP contribution in [0.25, 0.3) is 0 Å². The van der Waals surface area contributed by atoms with Crippen molar-refractivity contribution in [3.05, 3.63) is 76.1 Å². The van der Waals surface area contributed by atoms with Crippen molar-refractivity contribution >= 4 is 17.5 Å². The molecule has 0 saturated heterocycles. The zero-order chi connectivity index (χ0) is 18.5. The molecule has 1 aromatic carbocycles. The van der Waals surface area contributed by atoms with Crippen LogP contribution in [0.4, 0.5) is 0 Å². The Morgan fingerprint density at radius 3 is 2.81 bits per heavy atom. The predicted octanol–water partition coefficient (Wildman–Crippen LogP) is 2.82. The second-order valence-electron chi connectivity index (χ2n) is 6.19. The number of aromatic amines is 1. The van der Waals surface area contributed by atoms with Gasteiger partial charge in [0.25, 0.3) is 0 Å². The maximum absolute atomic E-state index is 11.5. The van der Waals surface area contributed by atoms with Crippen LogP contribution in [0.1, 0.15) is 41.1 Å². The van der Waals surface area contributed by atoms with Crippen molar-refractivity contribution < 1.29 is 4.79 Å². The summed E-state index contributed by atoms with van der Waals surface area (Å²) < 4.78 is 0. The lowest BCUT2D eigenvalue weighted by molar-refractivity contribution is -0.119. The Kier molecular flexibility index (Phi) is 5.63. The monoisotopic (exact) mass is 369 g/mol. The third-order valence-electron chi connectivity index (χ3n) is 4.36. The van der Waals surface area contributed by atoms with Gasteiger partial charge in [0.2, 0.25) is 5.91 Å². The van der Waals surface area contributed by atoms with Crippen LogP contribution in [0.5, 0.6) is 0 Å². The number of carbonyl (C=O) groups excluding carboxylic acids is 1. The van der Waals surface area contributed by atoms with E-state index < -0.39 is 0 Å². The second kappa shape index (κ2) is 8.10. The summed E-state index contributed by atoms with van der Waals surface area (Å²) in [7, 11) is 0. The van der Waals surface area contributed by atoms with Gasteiger partial charge in [-0.15, -0.1) is 0 Å². The highest BCUT2D eigenvalue weighted by Crippen LogP contribution is 2.22. The molecular weight excluding hydrogens is 350 g/mol. The smallest absolute Gasteiger partial charge is 0.224 e. The number of hydrogen-bond acceptors (Lipinski definition) is 4. The molecule has 0 aliphatic rings. The summed E-state index contributed by atoms with van der Waals surface area (Å²) in [5.41, 5.74) is 9.29. The predicted molar refractivity (Wildman–Crippen MR) is 99.9 cm³/mol. The Morgan fingerprint density at radius 1 is 1.27 bits per heavy atom. The molecule has 2 aromatic heterocycles. The summed E-state index contributed by atoms with van der Waals surface area (Å²) in [6.45, 7) is 1.82. The summed E-state index contributed by atoms with van der Waals surface area (Å²) >= 11 is 6.28. The number of nitrogens with one attached hydrogen (secondary N) is 1. The van der Waals surface area contributed by atoms with Crippen molar-refractivity contribution in [3.63, 3.8) is 0 Å². The van der Waals surface area contributed by atoms with Gasteiger partial charge in [0.05, 0.1) is 22.8 Å². The van der Waals surface area contributed by atoms with Crippen molar-refractivity contribution in [2.24, 2.45) is 5.73 Å². The number of aromatic nitrogens is 4. The van der Waals surface area contributed by atoms with Gasteiger partial charge in [0.15, 0.2) is 0 Å². The van der Waals surface area contributed by atoms with E-state index in [1.807, 2.05) is 37.4 Å². The zero-order valence-corrected chi connectivity index (χ0v) is 15.2. The SMILES string of the molecule is CC(C(N)=O)c1ccccc1CCc1nc(Cc2cn[nH]c2)ncc1Cl. The quantitative estimate of drug-likeness (QED) is 0.669. The van der Waals surface area contributed by atoms with E-state index in [0.717, 1.165) is 28.8 Å². The van der Waals surface area contributed by atoms with E-state index >= 15 is 0 Å². The third kappa shape index (κ3) is 4.26. The molecule has 0 saturated carbocycles. The molecule has 0 aliphatic carbocycles. The summed E-state index contributed by atoms with van der Waals surface area (Å²) in [5, 5.41) is 7.25. The zero-order valence-electron chi connectivity index (χ0n) is 14.4. The number of nitrogens with two attached hydrogens (primary N) is 1. The number of primary amides is 1. The van der Waals surface area contributed by atoms with Crippen molar-refractivity contribution in [2.45, 2.75) is 32.1 Å². The third-order valence-corrected chi connectivity index (χ3v) is 4.68. The maximum atomic E-state index is 11.5. The molecule has 1 amide bonds. The molecular formula is C19H20ClN5O. The first kappa shape index (κ1) is 18.1. The van der Waals surface area contributed by atoms with Crippen molar-refractivity contribution in [1.82, 2.24) is 20.2 Å². The molecule has 1 unspecified atom stereocenters. The first-order valence-electron chi connectivity index (χ1n) is 8.39. The van der Waals surface area contributed by atoms with Gasteiger partial charge >= 0.3 is 0 Å². The van der Waals surface area contributed by atoms with E-state index in [1.165, 1.54) is 0 Å². The summed E-state index contributed by atoms with van der Waals surface area (Å²) in [6.07, 6.45) is 7.17. The van der Waals surface area contributed by atoms with Crippen LogP contribution in [0, 0.1) is 0 Å². The molecule has 2 heterocycles. The Hall–Kier alpha value is -2.73. The first-order chi connectivity index (χ1) is 12.5. The number of halogens is 1. The highest BCUT2D eigenvalue weighted by molar-refractivity contribution is 6.31. The lowest BCUT2D eigenvalue weighted by Crippen LogP contribution is -2.20. The molecule has 0 spiro atoms. The molecule has 7 heteroatoms. The molecule has 26 heavy (non-hydrogen) atoms. The van der Waals surface area contributed by atoms with Crippen molar-refractivity contribution in [3.8, 4) is 0 Å². The highest BCUT2D eigenvalue weighted by Gasteiger charge is 2.16. The number of nitrogens with zero attached hydrogens (tertiary/aromatic N) is 3. The summed E-state index contributed by atoms with van der Waals surface area (Å²) in [6, 6.07) is 7.82. The topological polar surface area (TPSA) is 97.5 Å². The van der Waals surface area contributed by atoms with Crippen LogP contribution in [-0.2, 0) is 24.1 Å². The minimum absolute atomic E-state index is 0.330. The van der Waals surface area contributed by atoms with Gasteiger partial charge < -0.3 is 5.73 Å². The van der Waals surface area contributed by atoms with Crippen LogP contribution >= 0.6 is 11.6 Å². The van der Waals surface area contributed by atoms with Crippen molar-refractivity contribution in [2.75, 3.05) is 0 Å². The van der Waals surface area contributed by atoms with E-state index in [4.69, 9.17) is 17.3 Å². The van der Waals surface area contributed by atoms with E-state index in [-0.39, 0.29) is 11.8 Å². The van der Waals surface area contributed by atoms with Gasteiger partial charge in [-0.25, -0.2) is 9.97 Å². The van der Waals surface area contributed by atoms with Crippen LogP contribution in [-0.4, -0.2) is 26.1 Å². The number of benzene rings is 1. The highest BCUT2D eigenvalue weighted by atomic mass is 35.5. The Morgan fingerprint density at radius 2 is 2.08 bits per heavy atom. The average molecular weight is 370 g/mol. The van der Waals surface area contributed by atoms with Crippen LogP contribution in [0.2, 0.25) is 5.02 Å². The first-order valence-corrected chi connectivity index (χ1v) is 8.77. The van der Waals surface area contributed by atoms with E-state index in [0.29, 0.717) is 23.7 Å². The fraction of sp³-hybridized carbons (Fsp3) is 0.263. The lowest BCUT2D eigenvalue weighted by atomic mass is 9.92. The van der Waals surface area contributed by atoms with Gasteiger partial charge in [-0.3, -0.25) is 9.89 Å². The van der Waals surface area contributed by atoms with E-state index in [2.05, 4.69) is 20.2 Å². The van der Waals surface area contributed by atoms with Gasteiger partial charge in [0, 0.05) is 18.8 Å². The number of carbonyl (C=O) groups is 1. The molecule has 134 valence electrons. The number of hydrogen-bond donors (Lipinski definition) is 2. The molecule has 1 atom stereocenters. The molecule has 0 radical (unpaired) electrons. The summed E-state index contributed by atoms with van der Waals surface area (Å²) in [4.78, 5) is 20.4. The molecule has 0 bridgehead atoms. The van der Waals surface area contributed by atoms with Crippen LogP contribution in [0.3, 0.4) is 0 Å². The average Bonchev–Trinajstić information content (AvgIpc) is 3.14. The molecule has 3 N–H and O–H groups in total. The van der Waals surface area contributed by atoms with Gasteiger partial charge in [-0.1, -0.05) is 35.9 Å². The largest absolute Gasteiger partial charge is 0.369 e. The molecule has 3 rings (SSSR count). The van der Waals surface area contributed by atoms with Crippen LogP contribution in [0.15, 0.2) is 42.9 Å². The number of amides is 1. The minimum atomic E-state index is -0.333. The Bertz CT molecular complexity index is 895. The second-order valence-corrected chi connectivity index (χ2v) is 6.59. The number of H-pyrrole nitrogens is 1. The fourth-order valence-corrected chi connectivity index (χ4v) is 3.04. The number of aryl methyl sites for hydroxylation is 2. The summed E-state index contributed by atoms with van der Waals surface area (Å²) in [5.74, 6) is 0.0354. The molecule has 0 fully saturated rings. The minimum Gasteiger partial charge on any atom is -0.369 e. The Labute approximate surface area is 156 Å².